The van der Waals surface area contributed by atoms with Crippen molar-refractivity contribution in [3.63, 3.8) is 0 Å². The fraction of sp³-hybridized carbons (Fsp3) is 0.185. The number of nitrogens with zero attached hydrogens (tertiary/aromatic N) is 3. The van der Waals surface area contributed by atoms with Crippen LogP contribution in [0.3, 0.4) is 0 Å². The van der Waals surface area contributed by atoms with E-state index in [0.29, 0.717) is 40.0 Å². The number of aromatic nitrogens is 4. The zero-order valence-corrected chi connectivity index (χ0v) is 20.5. The third kappa shape index (κ3) is 4.33. The Bertz CT molecular complexity index is 1690. The Hall–Kier alpha value is -4.86. The first-order chi connectivity index (χ1) is 17.9. The van der Waals surface area contributed by atoms with Crippen molar-refractivity contribution in [2.45, 2.75) is 13.3 Å². The highest BCUT2D eigenvalue weighted by atomic mass is 16.5. The minimum atomic E-state index is -1.08. The van der Waals surface area contributed by atoms with Crippen molar-refractivity contribution in [3.8, 4) is 22.6 Å². The van der Waals surface area contributed by atoms with Crippen LogP contribution in [0.5, 0.6) is 11.5 Å². The van der Waals surface area contributed by atoms with E-state index in [2.05, 4.69) is 20.2 Å². The molecule has 3 aromatic carbocycles. The lowest BCUT2D eigenvalue weighted by atomic mass is 9.97. The summed E-state index contributed by atoms with van der Waals surface area (Å²) in [5, 5.41) is 17.7. The SMILES string of the molecule is CCN(C(=O)O)c1nc2ccc(-c3cc(Cc4n[nH]c(=O)c5ccccc45)c(OC)cc3OC)cc2[nH]1. The predicted octanol–water partition coefficient (Wildman–Crippen LogP) is 4.58. The zero-order valence-electron chi connectivity index (χ0n) is 20.5. The number of amides is 1. The number of hydrogen-bond donors (Lipinski definition) is 3. The summed E-state index contributed by atoms with van der Waals surface area (Å²) >= 11 is 0. The van der Waals surface area contributed by atoms with Crippen LogP contribution in [0.25, 0.3) is 32.9 Å². The first-order valence-electron chi connectivity index (χ1n) is 11.6. The van der Waals surface area contributed by atoms with E-state index in [9.17, 15) is 14.7 Å². The summed E-state index contributed by atoms with van der Waals surface area (Å²) in [6, 6.07) is 16.8. The maximum atomic E-state index is 12.2. The normalized spacial score (nSPS) is 11.1. The van der Waals surface area contributed by atoms with E-state index in [1.807, 2.05) is 48.5 Å². The summed E-state index contributed by atoms with van der Waals surface area (Å²) in [4.78, 5) is 32.4. The summed E-state index contributed by atoms with van der Waals surface area (Å²) in [5.41, 5.74) is 4.34. The number of fused-ring (bicyclic) bond motifs is 2. The topological polar surface area (TPSA) is 133 Å². The predicted molar refractivity (Wildman–Crippen MR) is 141 cm³/mol. The molecule has 0 unspecified atom stereocenters. The van der Waals surface area contributed by atoms with Crippen molar-refractivity contribution in [3.05, 3.63) is 76.2 Å². The number of carboxylic acid groups (broad SMARTS) is 1. The number of H-pyrrole nitrogens is 2. The molecule has 0 radical (unpaired) electrons. The van der Waals surface area contributed by atoms with Crippen molar-refractivity contribution in [2.75, 3.05) is 25.7 Å². The van der Waals surface area contributed by atoms with Gasteiger partial charge in [-0.2, -0.15) is 5.10 Å². The standard InChI is InChI=1S/C27H25N5O5/c1-4-32(27(34)35)26-28-20-10-9-15(12-22(20)29-26)19-11-16(23(36-2)14-24(19)37-3)13-21-17-7-5-6-8-18(17)25(33)31-30-21/h5-12,14H,4,13H2,1-3H3,(H,28,29)(H,31,33)(H,34,35). The molecule has 2 heterocycles. The van der Waals surface area contributed by atoms with Gasteiger partial charge >= 0.3 is 6.09 Å². The molecule has 5 aromatic rings. The molecule has 10 heteroatoms. The lowest BCUT2D eigenvalue weighted by molar-refractivity contribution is 0.202. The van der Waals surface area contributed by atoms with E-state index in [4.69, 9.17) is 9.47 Å². The average molecular weight is 500 g/mol. The molecule has 2 aromatic heterocycles. The van der Waals surface area contributed by atoms with Gasteiger partial charge in [-0.3, -0.25) is 4.79 Å². The number of aromatic amines is 2. The highest BCUT2D eigenvalue weighted by Crippen LogP contribution is 2.38. The summed E-state index contributed by atoms with van der Waals surface area (Å²) in [5.74, 6) is 1.50. The van der Waals surface area contributed by atoms with Crippen molar-refractivity contribution >= 4 is 33.8 Å². The number of ether oxygens (including phenoxy) is 2. The maximum absolute atomic E-state index is 12.2. The molecule has 5 rings (SSSR count). The maximum Gasteiger partial charge on any atom is 0.414 e. The lowest BCUT2D eigenvalue weighted by Gasteiger charge is -2.16. The van der Waals surface area contributed by atoms with Crippen LogP contribution in [0.2, 0.25) is 0 Å². The zero-order chi connectivity index (χ0) is 26.1. The van der Waals surface area contributed by atoms with E-state index in [-0.39, 0.29) is 18.1 Å². The molecule has 0 atom stereocenters. The monoisotopic (exact) mass is 499 g/mol. The minimum absolute atomic E-state index is 0.237. The average Bonchev–Trinajstić information content (AvgIpc) is 3.33. The number of rotatable bonds is 7. The Morgan fingerprint density at radius 3 is 2.49 bits per heavy atom. The second-order valence-corrected chi connectivity index (χ2v) is 8.41. The Balaban J connectivity index is 1.61. The van der Waals surface area contributed by atoms with Gasteiger partial charge in [0.2, 0.25) is 5.95 Å². The van der Waals surface area contributed by atoms with Crippen LogP contribution in [-0.4, -0.2) is 52.1 Å². The molecule has 37 heavy (non-hydrogen) atoms. The number of hydrogen-bond acceptors (Lipinski definition) is 6. The van der Waals surface area contributed by atoms with E-state index >= 15 is 0 Å². The number of benzene rings is 3. The number of methoxy groups -OCH3 is 2. The smallest absolute Gasteiger partial charge is 0.414 e. The van der Waals surface area contributed by atoms with Crippen LogP contribution in [0.15, 0.2) is 59.4 Å². The first kappa shape index (κ1) is 23.9. The Morgan fingerprint density at radius 1 is 1.03 bits per heavy atom. The van der Waals surface area contributed by atoms with Crippen molar-refractivity contribution < 1.29 is 19.4 Å². The van der Waals surface area contributed by atoms with Gasteiger partial charge in [0.25, 0.3) is 5.56 Å². The van der Waals surface area contributed by atoms with Crippen LogP contribution in [0.4, 0.5) is 10.7 Å². The number of carbonyl (C=O) groups is 1. The van der Waals surface area contributed by atoms with Gasteiger partial charge in [-0.1, -0.05) is 24.3 Å². The molecule has 0 bridgehead atoms. The van der Waals surface area contributed by atoms with Crippen molar-refractivity contribution in [2.24, 2.45) is 0 Å². The van der Waals surface area contributed by atoms with E-state index < -0.39 is 6.09 Å². The molecule has 10 nitrogen and oxygen atoms in total. The molecule has 1 amide bonds. The first-order valence-corrected chi connectivity index (χ1v) is 11.6. The Morgan fingerprint density at radius 2 is 1.78 bits per heavy atom. The molecule has 3 N–H and O–H groups in total. The van der Waals surface area contributed by atoms with Crippen LogP contribution >= 0.6 is 0 Å². The molecule has 188 valence electrons. The van der Waals surface area contributed by atoms with Crippen LogP contribution in [0, 0.1) is 0 Å². The Kier molecular flexibility index (Phi) is 6.22. The quantitative estimate of drug-likeness (QED) is 0.298. The van der Waals surface area contributed by atoms with E-state index in [1.165, 1.54) is 0 Å². The van der Waals surface area contributed by atoms with Crippen molar-refractivity contribution in [1.29, 1.82) is 0 Å². The number of imidazole rings is 1. The number of anilines is 1. The van der Waals surface area contributed by atoms with Gasteiger partial charge in [-0.15, -0.1) is 0 Å². The van der Waals surface area contributed by atoms with Gasteiger partial charge in [0.05, 0.1) is 36.3 Å². The highest BCUT2D eigenvalue weighted by Gasteiger charge is 2.19. The molecule has 0 saturated heterocycles. The lowest BCUT2D eigenvalue weighted by Crippen LogP contribution is -2.29. The molecular formula is C27H25N5O5. The molecule has 0 aliphatic rings. The van der Waals surface area contributed by atoms with Gasteiger partial charge in [0.1, 0.15) is 11.5 Å². The van der Waals surface area contributed by atoms with Gasteiger partial charge in [-0.05, 0) is 36.8 Å². The Labute approximate surface area is 211 Å². The third-order valence-corrected chi connectivity index (χ3v) is 6.32. The fourth-order valence-corrected chi connectivity index (χ4v) is 4.48. The molecule has 0 aliphatic carbocycles. The third-order valence-electron chi connectivity index (χ3n) is 6.32. The summed E-state index contributed by atoms with van der Waals surface area (Å²) in [6.45, 7) is 2.02. The highest BCUT2D eigenvalue weighted by molar-refractivity contribution is 5.90. The van der Waals surface area contributed by atoms with Crippen LogP contribution in [0.1, 0.15) is 18.2 Å². The van der Waals surface area contributed by atoms with Gasteiger partial charge in [0.15, 0.2) is 0 Å². The molecule has 0 saturated carbocycles. The van der Waals surface area contributed by atoms with Crippen molar-refractivity contribution in [1.82, 2.24) is 20.2 Å². The van der Waals surface area contributed by atoms with Gasteiger partial charge in [-0.25, -0.2) is 19.8 Å². The molecular weight excluding hydrogens is 474 g/mol. The second kappa shape index (κ2) is 9.65. The van der Waals surface area contributed by atoms with E-state index in [0.717, 1.165) is 27.0 Å². The largest absolute Gasteiger partial charge is 0.496 e. The van der Waals surface area contributed by atoms with Crippen LogP contribution < -0.4 is 19.9 Å². The van der Waals surface area contributed by atoms with Gasteiger partial charge in [0, 0.05) is 35.5 Å². The van der Waals surface area contributed by atoms with Crippen LogP contribution in [-0.2, 0) is 6.42 Å². The summed E-state index contributed by atoms with van der Waals surface area (Å²) in [6.07, 6.45) is -0.663. The molecule has 0 fully saturated rings. The molecule has 0 aliphatic heterocycles. The second-order valence-electron chi connectivity index (χ2n) is 8.41. The number of nitrogens with one attached hydrogen (secondary N) is 2. The minimum Gasteiger partial charge on any atom is -0.496 e. The van der Waals surface area contributed by atoms with Gasteiger partial charge < -0.3 is 19.6 Å². The summed E-state index contributed by atoms with van der Waals surface area (Å²) in [7, 11) is 3.18. The molecule has 0 spiro atoms. The summed E-state index contributed by atoms with van der Waals surface area (Å²) < 4.78 is 11.3. The fourth-order valence-electron chi connectivity index (χ4n) is 4.48. The van der Waals surface area contributed by atoms with E-state index in [1.54, 1.807) is 27.2 Å².